The normalized spacial score (nSPS) is 16.4. The van der Waals surface area contributed by atoms with E-state index in [0.717, 1.165) is 36.6 Å². The van der Waals surface area contributed by atoms with Gasteiger partial charge < -0.3 is 19.4 Å². The molecule has 5 heteroatoms. The zero-order chi connectivity index (χ0) is 17.5. The van der Waals surface area contributed by atoms with E-state index in [0.29, 0.717) is 19.0 Å². The fourth-order valence-corrected chi connectivity index (χ4v) is 2.85. The molecule has 0 aliphatic carbocycles. The van der Waals surface area contributed by atoms with Gasteiger partial charge in [0.05, 0.1) is 26.0 Å². The highest BCUT2D eigenvalue weighted by Gasteiger charge is 2.18. The molecule has 2 heterocycles. The lowest BCUT2D eigenvalue weighted by Gasteiger charge is -2.24. The Bertz CT molecular complexity index is 728. The number of nitrogens with zero attached hydrogens (tertiary/aromatic N) is 1. The average Bonchev–Trinajstić information content (AvgIpc) is 3.33. The number of carbonyl (C=O) groups excluding carboxylic acids is 1. The number of terminal acetylenes is 1. The van der Waals surface area contributed by atoms with Crippen molar-refractivity contribution in [3.63, 3.8) is 0 Å². The molecule has 1 fully saturated rings. The summed E-state index contributed by atoms with van der Waals surface area (Å²) in [5.41, 5.74) is 1.68. The van der Waals surface area contributed by atoms with Crippen molar-refractivity contribution in [3.05, 3.63) is 54.0 Å². The van der Waals surface area contributed by atoms with E-state index in [9.17, 15) is 4.79 Å². The van der Waals surface area contributed by atoms with Gasteiger partial charge in [-0.25, -0.2) is 0 Å². The third-order valence-corrected chi connectivity index (χ3v) is 4.25. The molecule has 1 saturated heterocycles. The Balaban J connectivity index is 1.67. The fourth-order valence-electron chi connectivity index (χ4n) is 2.85. The van der Waals surface area contributed by atoms with Gasteiger partial charge in [0.25, 0.3) is 0 Å². The Morgan fingerprint density at radius 2 is 2.28 bits per heavy atom. The van der Waals surface area contributed by atoms with Crippen molar-refractivity contribution < 1.29 is 13.9 Å². The summed E-state index contributed by atoms with van der Waals surface area (Å²) in [7, 11) is 0. The number of nitrogens with one attached hydrogen (secondary N) is 1. The van der Waals surface area contributed by atoms with Crippen LogP contribution in [0.4, 0.5) is 5.69 Å². The monoisotopic (exact) mass is 338 g/mol. The van der Waals surface area contributed by atoms with Crippen molar-refractivity contribution in [3.8, 4) is 12.3 Å². The molecule has 1 aromatic heterocycles. The highest BCUT2D eigenvalue weighted by atomic mass is 16.5. The predicted octanol–water partition coefficient (Wildman–Crippen LogP) is 2.42. The minimum Gasteiger partial charge on any atom is -0.467 e. The first-order chi connectivity index (χ1) is 12.2. The minimum atomic E-state index is -0.0235. The van der Waals surface area contributed by atoms with E-state index < -0.39 is 0 Å². The first-order valence-corrected chi connectivity index (χ1v) is 8.43. The van der Waals surface area contributed by atoms with Crippen LogP contribution in [0.5, 0.6) is 0 Å². The summed E-state index contributed by atoms with van der Waals surface area (Å²) in [4.78, 5) is 14.4. The van der Waals surface area contributed by atoms with Gasteiger partial charge in [0.15, 0.2) is 0 Å². The summed E-state index contributed by atoms with van der Waals surface area (Å²) in [6, 6.07) is 11.3. The van der Waals surface area contributed by atoms with Crippen LogP contribution in [0.2, 0.25) is 0 Å². The molecule has 130 valence electrons. The molecular formula is C20H22N2O3. The summed E-state index contributed by atoms with van der Waals surface area (Å²) in [5, 5.41) is 3.00. The molecule has 0 unspecified atom stereocenters. The van der Waals surface area contributed by atoms with E-state index >= 15 is 0 Å². The molecule has 5 nitrogen and oxygen atoms in total. The SMILES string of the molecule is C#Cc1cccc(N(CC(=O)NC[C@H]2CCOC2)Cc2ccco2)c1. The van der Waals surface area contributed by atoms with Crippen LogP contribution in [0.25, 0.3) is 0 Å². The number of anilines is 1. The van der Waals surface area contributed by atoms with Crippen LogP contribution >= 0.6 is 0 Å². The van der Waals surface area contributed by atoms with Crippen molar-refractivity contribution in [2.45, 2.75) is 13.0 Å². The van der Waals surface area contributed by atoms with Crippen molar-refractivity contribution in [1.82, 2.24) is 5.32 Å². The highest BCUT2D eigenvalue weighted by Crippen LogP contribution is 2.19. The second-order valence-corrected chi connectivity index (χ2v) is 6.16. The Morgan fingerprint density at radius 3 is 3.00 bits per heavy atom. The molecule has 25 heavy (non-hydrogen) atoms. The number of hydrogen-bond acceptors (Lipinski definition) is 4. The number of furan rings is 1. The summed E-state index contributed by atoms with van der Waals surface area (Å²) < 4.78 is 10.8. The molecule has 1 aliphatic heterocycles. The van der Waals surface area contributed by atoms with Crippen molar-refractivity contribution in [1.29, 1.82) is 0 Å². The fraction of sp³-hybridized carbons (Fsp3) is 0.350. The topological polar surface area (TPSA) is 54.7 Å². The summed E-state index contributed by atoms with van der Waals surface area (Å²) >= 11 is 0. The van der Waals surface area contributed by atoms with Crippen molar-refractivity contribution in [2.24, 2.45) is 5.92 Å². The van der Waals surface area contributed by atoms with E-state index in [4.69, 9.17) is 15.6 Å². The molecule has 0 spiro atoms. The number of hydrogen-bond donors (Lipinski definition) is 1. The first-order valence-electron chi connectivity index (χ1n) is 8.43. The second kappa shape index (κ2) is 8.41. The zero-order valence-electron chi connectivity index (χ0n) is 14.1. The number of benzene rings is 1. The Morgan fingerprint density at radius 1 is 1.36 bits per heavy atom. The first kappa shape index (κ1) is 17.1. The number of carbonyl (C=O) groups is 1. The van der Waals surface area contributed by atoms with Gasteiger partial charge in [-0.1, -0.05) is 12.0 Å². The Labute approximate surface area is 148 Å². The third kappa shape index (κ3) is 4.88. The Hall–Kier alpha value is -2.71. The van der Waals surface area contributed by atoms with Gasteiger partial charge in [-0.15, -0.1) is 6.42 Å². The van der Waals surface area contributed by atoms with E-state index in [2.05, 4.69) is 11.2 Å². The Kier molecular flexibility index (Phi) is 5.76. The van der Waals surface area contributed by atoms with Gasteiger partial charge in [-0.05, 0) is 36.8 Å². The molecule has 3 rings (SSSR count). The van der Waals surface area contributed by atoms with Gasteiger partial charge in [0, 0.05) is 30.3 Å². The number of amides is 1. The molecule has 1 aliphatic rings. The highest BCUT2D eigenvalue weighted by molar-refractivity contribution is 5.81. The van der Waals surface area contributed by atoms with E-state index in [1.54, 1.807) is 6.26 Å². The van der Waals surface area contributed by atoms with E-state index in [-0.39, 0.29) is 12.5 Å². The lowest BCUT2D eigenvalue weighted by Crippen LogP contribution is -2.39. The van der Waals surface area contributed by atoms with Crippen LogP contribution in [0.1, 0.15) is 17.7 Å². The molecule has 0 saturated carbocycles. The molecular weight excluding hydrogens is 316 g/mol. The zero-order valence-corrected chi connectivity index (χ0v) is 14.1. The lowest BCUT2D eigenvalue weighted by atomic mass is 10.1. The molecule has 0 bridgehead atoms. The van der Waals surface area contributed by atoms with Crippen LogP contribution in [0.3, 0.4) is 0 Å². The van der Waals surface area contributed by atoms with Crippen LogP contribution in [0.15, 0.2) is 47.1 Å². The molecule has 0 radical (unpaired) electrons. The largest absolute Gasteiger partial charge is 0.467 e. The summed E-state index contributed by atoms with van der Waals surface area (Å²) in [6.07, 6.45) is 8.13. The maximum atomic E-state index is 12.4. The second-order valence-electron chi connectivity index (χ2n) is 6.16. The molecule has 1 amide bonds. The van der Waals surface area contributed by atoms with Gasteiger partial charge in [-0.2, -0.15) is 0 Å². The van der Waals surface area contributed by atoms with Crippen LogP contribution in [-0.2, 0) is 16.1 Å². The number of ether oxygens (including phenoxy) is 1. The smallest absolute Gasteiger partial charge is 0.239 e. The van der Waals surface area contributed by atoms with Crippen LogP contribution < -0.4 is 10.2 Å². The van der Waals surface area contributed by atoms with E-state index in [1.807, 2.05) is 41.3 Å². The van der Waals surface area contributed by atoms with Crippen LogP contribution in [-0.4, -0.2) is 32.2 Å². The average molecular weight is 338 g/mol. The standard InChI is InChI=1S/C20H22N2O3/c1-2-16-5-3-6-18(11-16)22(13-19-7-4-9-25-19)14-20(23)21-12-17-8-10-24-15-17/h1,3-7,9,11,17H,8,10,12-15H2,(H,21,23)/t17-/m1/s1. The molecule has 1 atom stereocenters. The minimum absolute atomic E-state index is 0.0235. The van der Waals surface area contributed by atoms with E-state index in [1.165, 1.54) is 0 Å². The van der Waals surface area contributed by atoms with Crippen LogP contribution in [0, 0.1) is 18.3 Å². The lowest BCUT2D eigenvalue weighted by molar-refractivity contribution is -0.120. The maximum absolute atomic E-state index is 12.4. The quantitative estimate of drug-likeness (QED) is 0.788. The van der Waals surface area contributed by atoms with Crippen molar-refractivity contribution in [2.75, 3.05) is 31.2 Å². The summed E-state index contributed by atoms with van der Waals surface area (Å²) in [6.45, 7) is 2.89. The van der Waals surface area contributed by atoms with Gasteiger partial charge in [-0.3, -0.25) is 4.79 Å². The predicted molar refractivity (Wildman–Crippen MR) is 96.1 cm³/mol. The molecule has 1 aromatic carbocycles. The van der Waals surface area contributed by atoms with Gasteiger partial charge >= 0.3 is 0 Å². The summed E-state index contributed by atoms with van der Waals surface area (Å²) in [5.74, 6) is 3.81. The number of rotatable bonds is 7. The third-order valence-electron chi connectivity index (χ3n) is 4.25. The van der Waals surface area contributed by atoms with Crippen molar-refractivity contribution >= 4 is 11.6 Å². The maximum Gasteiger partial charge on any atom is 0.239 e. The van der Waals surface area contributed by atoms with Gasteiger partial charge in [0.1, 0.15) is 5.76 Å². The van der Waals surface area contributed by atoms with Gasteiger partial charge in [0.2, 0.25) is 5.91 Å². The molecule has 2 aromatic rings. The molecule has 1 N–H and O–H groups in total.